The molecule has 0 fully saturated rings. The first-order chi connectivity index (χ1) is 0. The second kappa shape index (κ2) is 1450. The fraction of sp³-hybridized carbons (Fsp3) is 0. The van der Waals surface area contributed by atoms with Crippen molar-refractivity contribution >= 4 is 0 Å². The molecule has 0 bridgehead atoms. The van der Waals surface area contributed by atoms with Gasteiger partial charge in [0.25, 0.3) is 0 Å². The molecule has 24 N–H and O–H groups in total. The van der Waals surface area contributed by atoms with Gasteiger partial charge in [0.1, 0.15) is 0 Å². The molecule has 13 heteroatoms. The van der Waals surface area contributed by atoms with Gasteiger partial charge in [-0.1, -0.05) is 0 Å². The Kier molecular flexibility index (Phi) is 205000. The summed E-state index contributed by atoms with van der Waals surface area (Å²) in [6.07, 6.45) is 0. The molecule has 0 saturated heterocycles. The summed E-state index contributed by atoms with van der Waals surface area (Å²) in [7, 11) is 0. The Hall–Kier alpha value is 1.16. The Morgan fingerprint density at radius 2 is 0.231 bits per heavy atom. The topological polar surface area (TPSA) is 378 Å². The molecule has 0 saturated carbocycles. The van der Waals surface area contributed by atoms with Gasteiger partial charge in [0.05, 0.1) is 0 Å². The Labute approximate surface area is 118 Å². The monoisotopic (exact) mass is 256 g/mol. The molecule has 0 aliphatic carbocycles. The van der Waals surface area contributed by atoms with Gasteiger partial charge in [-0.3, -0.25) is 0 Å². The maximum absolute atomic E-state index is 0. The smallest absolute Gasteiger partial charge is 1.00 e. The van der Waals surface area contributed by atoms with Gasteiger partial charge in [0.2, 0.25) is 0 Å². The van der Waals surface area contributed by atoms with Crippen molar-refractivity contribution in [1.82, 2.24) is 0 Å². The van der Waals surface area contributed by atoms with Crippen LogP contribution in [0, 0.1) is 0 Å². The zero-order valence-electron chi connectivity index (χ0n) is 8.00. The summed E-state index contributed by atoms with van der Waals surface area (Å²) in [5, 5.41) is 0. The van der Waals surface area contributed by atoms with Gasteiger partial charge in [0, 0.05) is 0 Å². The van der Waals surface area contributed by atoms with Gasteiger partial charge in [-0.15, -0.1) is 0 Å². The van der Waals surface area contributed by atoms with E-state index in [1.807, 2.05) is 0 Å². The summed E-state index contributed by atoms with van der Waals surface area (Å²) in [5.74, 6) is 0. The maximum Gasteiger partial charge on any atom is 1.00 e. The van der Waals surface area contributed by atoms with E-state index < -0.39 is 0 Å². The fourth-order valence-electron chi connectivity index (χ4n) is 0. The average molecular weight is 256 g/mol. The summed E-state index contributed by atoms with van der Waals surface area (Å²) >= 11 is 0. The van der Waals surface area contributed by atoms with Crippen molar-refractivity contribution in [3.63, 3.8) is 0 Å². The average Bonchev–Trinajstić information content (AvgIpc) is 0. The van der Waals surface area contributed by atoms with E-state index in [4.69, 9.17) is 0 Å². The normalized spacial score (nSPS) is 0. The third-order valence-corrected chi connectivity index (χ3v) is 0. The van der Waals surface area contributed by atoms with Crippen LogP contribution in [0.1, 0.15) is 1.43 Å². The molecule has 98 valence electrons. The van der Waals surface area contributed by atoms with Gasteiger partial charge in [-0.25, -0.2) is 0 Å². The number of hydrogen-bond donors (Lipinski definition) is 0. The van der Waals surface area contributed by atoms with Crippen LogP contribution in [0.2, 0.25) is 0 Å². The van der Waals surface area contributed by atoms with Crippen LogP contribution in [-0.2, 0) is 0 Å². The Balaban J connectivity index is 0. The van der Waals surface area contributed by atoms with Crippen LogP contribution >= 0.6 is 0 Å². The van der Waals surface area contributed by atoms with E-state index in [9.17, 15) is 0 Å². The SMILES string of the molecule is O.O.O.O.O.O.O.O.O.O.O.O.[H-].[K+]. The maximum atomic E-state index is 0. The first kappa shape index (κ1) is 1830. The van der Waals surface area contributed by atoms with Crippen molar-refractivity contribution in [3.05, 3.63) is 0 Å². The van der Waals surface area contributed by atoms with Crippen LogP contribution in [0.25, 0.3) is 0 Å². The van der Waals surface area contributed by atoms with Crippen molar-refractivity contribution in [3.8, 4) is 0 Å². The summed E-state index contributed by atoms with van der Waals surface area (Å²) in [6.45, 7) is 0. The second-order valence-corrected chi connectivity index (χ2v) is 0. The van der Waals surface area contributed by atoms with Crippen molar-refractivity contribution in [1.29, 1.82) is 0 Å². The zero-order valence-corrected chi connectivity index (χ0v) is 10.1. The molecule has 0 heterocycles. The number of rotatable bonds is 0. The van der Waals surface area contributed by atoms with Crippen LogP contribution in [0.4, 0.5) is 0 Å². The molecular formula is H25KO12. The zero-order chi connectivity index (χ0) is 0. The van der Waals surface area contributed by atoms with Crippen molar-refractivity contribution < 1.29 is 119 Å². The van der Waals surface area contributed by atoms with Gasteiger partial charge in [-0.05, 0) is 0 Å². The first-order valence-corrected chi connectivity index (χ1v) is 0. The Morgan fingerprint density at radius 3 is 0.231 bits per heavy atom. The summed E-state index contributed by atoms with van der Waals surface area (Å²) < 4.78 is 0. The van der Waals surface area contributed by atoms with Crippen LogP contribution in [0.5, 0.6) is 0 Å². The third-order valence-electron chi connectivity index (χ3n) is 0. The van der Waals surface area contributed by atoms with Crippen molar-refractivity contribution in [2.24, 2.45) is 0 Å². The largest absolute Gasteiger partial charge is 1.00 e. The van der Waals surface area contributed by atoms with E-state index in [1.165, 1.54) is 0 Å². The molecule has 0 aromatic carbocycles. The molecule has 0 aliphatic rings. The summed E-state index contributed by atoms with van der Waals surface area (Å²) in [6, 6.07) is 0. The molecule has 0 aliphatic heterocycles. The molecule has 0 aromatic heterocycles. The van der Waals surface area contributed by atoms with Crippen LogP contribution in [0.15, 0.2) is 0 Å². The van der Waals surface area contributed by atoms with Gasteiger partial charge in [-0.2, -0.15) is 0 Å². The fourth-order valence-corrected chi connectivity index (χ4v) is 0. The Morgan fingerprint density at radius 1 is 0.231 bits per heavy atom. The van der Waals surface area contributed by atoms with E-state index in [2.05, 4.69) is 0 Å². The van der Waals surface area contributed by atoms with Gasteiger partial charge < -0.3 is 67.1 Å². The molecule has 0 unspecified atom stereocenters. The van der Waals surface area contributed by atoms with E-state index in [1.54, 1.807) is 0 Å². The van der Waals surface area contributed by atoms with Crippen molar-refractivity contribution in [2.75, 3.05) is 0 Å². The minimum Gasteiger partial charge on any atom is -1.00 e. The summed E-state index contributed by atoms with van der Waals surface area (Å²) in [5.41, 5.74) is 0. The minimum absolute atomic E-state index is 0. The van der Waals surface area contributed by atoms with Gasteiger partial charge >= 0.3 is 51.4 Å². The van der Waals surface area contributed by atoms with E-state index >= 15 is 0 Å². The third kappa shape index (κ3) is 1220. The molecule has 0 amide bonds. The van der Waals surface area contributed by atoms with E-state index in [-0.39, 0.29) is 119 Å². The molecule has 0 aromatic rings. The molecule has 0 rings (SSSR count). The van der Waals surface area contributed by atoms with Crippen LogP contribution in [0.3, 0.4) is 0 Å². The standard InChI is InChI=1S/K.12H2O.H/h;12*1H2;/q+1;;;;;;;;;;;;;-1. The quantitative estimate of drug-likeness (QED) is 0.364. The molecule has 0 atom stereocenters. The number of hydrogen-bond acceptors (Lipinski definition) is 0. The van der Waals surface area contributed by atoms with Crippen LogP contribution in [-0.4, -0.2) is 65.7 Å². The Bertz CT molecular complexity index is 10.3. The second-order valence-electron chi connectivity index (χ2n) is 0. The molecule has 0 spiro atoms. The van der Waals surface area contributed by atoms with E-state index in [0.29, 0.717) is 0 Å². The molecule has 13 heavy (non-hydrogen) atoms. The minimum atomic E-state index is 0. The van der Waals surface area contributed by atoms with E-state index in [0.717, 1.165) is 0 Å². The molecular weight excluding hydrogens is 231 g/mol. The predicted octanol–water partition coefficient (Wildman–Crippen LogP) is -12.8. The summed E-state index contributed by atoms with van der Waals surface area (Å²) in [4.78, 5) is 0. The van der Waals surface area contributed by atoms with Crippen molar-refractivity contribution in [2.45, 2.75) is 0 Å². The van der Waals surface area contributed by atoms with Crippen LogP contribution < -0.4 is 51.4 Å². The molecule has 12 nitrogen and oxygen atoms in total. The molecule has 0 radical (unpaired) electrons. The first-order valence-electron chi connectivity index (χ1n) is 0. The predicted molar refractivity (Wildman–Crippen MR) is 44.5 cm³/mol. The van der Waals surface area contributed by atoms with Gasteiger partial charge in [0.15, 0.2) is 0 Å².